The summed E-state index contributed by atoms with van der Waals surface area (Å²) in [5.41, 5.74) is 3.40. The maximum Gasteiger partial charge on any atom is 0.416 e. The number of methoxy groups -OCH3 is 1. The smallest absolute Gasteiger partial charge is 0.382 e. The maximum absolute atomic E-state index is 13.6. The molecule has 2 aliphatic rings. The van der Waals surface area contributed by atoms with Crippen LogP contribution in [0.15, 0.2) is 112 Å². The van der Waals surface area contributed by atoms with Crippen LogP contribution in [0, 0.1) is 6.92 Å². The lowest BCUT2D eigenvalue weighted by Crippen LogP contribution is -2.41. The molecule has 0 radical (unpaired) electrons. The molecule has 2 aliphatic heterocycles. The molecule has 0 amide bonds. The van der Waals surface area contributed by atoms with E-state index in [1.807, 2.05) is 65.6 Å². The van der Waals surface area contributed by atoms with Crippen LogP contribution in [0.3, 0.4) is 0 Å². The van der Waals surface area contributed by atoms with Crippen molar-refractivity contribution in [2.75, 3.05) is 13.7 Å². The third-order valence-electron chi connectivity index (χ3n) is 6.94. The molecule has 4 nitrogen and oxygen atoms in total. The number of allylic oxidation sites excluding steroid dienone is 2. The van der Waals surface area contributed by atoms with Gasteiger partial charge in [0, 0.05) is 24.4 Å². The second-order valence-corrected chi connectivity index (χ2v) is 9.91. The van der Waals surface area contributed by atoms with Gasteiger partial charge in [0.15, 0.2) is 5.84 Å². The molecule has 200 valence electrons. The van der Waals surface area contributed by atoms with Gasteiger partial charge < -0.3 is 9.64 Å². The van der Waals surface area contributed by atoms with E-state index in [1.54, 1.807) is 25.5 Å². The van der Waals surface area contributed by atoms with Crippen molar-refractivity contribution >= 4 is 23.1 Å². The van der Waals surface area contributed by atoms with Crippen LogP contribution >= 0.6 is 11.6 Å². The number of ether oxygens (including phenoxy) is 1. The van der Waals surface area contributed by atoms with Crippen LogP contribution < -0.4 is 0 Å². The lowest BCUT2D eigenvalue weighted by Gasteiger charge is -2.30. The molecule has 2 heterocycles. The molecule has 0 aromatic heterocycles. The van der Waals surface area contributed by atoms with Crippen molar-refractivity contribution in [1.82, 2.24) is 4.90 Å². The summed E-state index contributed by atoms with van der Waals surface area (Å²) in [6.07, 6.45) is -0.551. The Kier molecular flexibility index (Phi) is 7.73. The summed E-state index contributed by atoms with van der Waals surface area (Å²) in [5.74, 6) is 0.612. The van der Waals surface area contributed by atoms with E-state index in [0.717, 1.165) is 22.9 Å². The van der Waals surface area contributed by atoms with Crippen molar-refractivity contribution in [2.24, 2.45) is 9.98 Å². The number of hydrogen-bond acceptors (Lipinski definition) is 4. The zero-order chi connectivity index (χ0) is 27.6. The number of nitrogens with zero attached hydrogens (tertiary/aromatic N) is 3. The molecule has 8 heteroatoms. The summed E-state index contributed by atoms with van der Waals surface area (Å²) in [6, 6.07) is 23.4. The van der Waals surface area contributed by atoms with Crippen LogP contribution in [-0.4, -0.2) is 42.2 Å². The number of aliphatic imine (C=N–C) groups is 2. The number of fused-ring (bicyclic) bond motifs is 1. The standard InChI is InChI=1S/C31H27ClF3N3O/c1-20-23(14-9-15-25(20)31(33,34)35)16-28-27(19-39-2)37-30-26(17-24(32)18-38(28)30)36-29(21-10-5-3-6-11-21)22-12-7-4-8-13-22/h3-15,17-18,27-28H,16,19H2,1-2H3. The zero-order valence-corrected chi connectivity index (χ0v) is 22.2. The summed E-state index contributed by atoms with van der Waals surface area (Å²) < 4.78 is 46.3. The van der Waals surface area contributed by atoms with Crippen molar-refractivity contribution in [3.63, 3.8) is 0 Å². The Morgan fingerprint density at radius 1 is 0.974 bits per heavy atom. The first-order valence-electron chi connectivity index (χ1n) is 12.6. The van der Waals surface area contributed by atoms with Crippen LogP contribution in [0.1, 0.15) is 27.8 Å². The van der Waals surface area contributed by atoms with E-state index < -0.39 is 11.7 Å². The molecule has 0 bridgehead atoms. The monoisotopic (exact) mass is 549 g/mol. The minimum absolute atomic E-state index is 0.214. The summed E-state index contributed by atoms with van der Waals surface area (Å²) in [4.78, 5) is 11.9. The van der Waals surface area contributed by atoms with Crippen molar-refractivity contribution in [3.8, 4) is 0 Å². The van der Waals surface area contributed by atoms with E-state index in [1.165, 1.54) is 13.0 Å². The average molecular weight is 550 g/mol. The van der Waals surface area contributed by atoms with E-state index in [2.05, 4.69) is 0 Å². The van der Waals surface area contributed by atoms with Crippen LogP contribution in [-0.2, 0) is 17.3 Å². The minimum atomic E-state index is -4.42. The lowest BCUT2D eigenvalue weighted by atomic mass is 9.93. The van der Waals surface area contributed by atoms with Gasteiger partial charge in [-0.25, -0.2) is 4.99 Å². The Hall–Kier alpha value is -3.68. The fraction of sp³-hybridized carbons (Fsp3) is 0.226. The minimum Gasteiger partial charge on any atom is -0.382 e. The summed E-state index contributed by atoms with van der Waals surface area (Å²) >= 11 is 6.60. The van der Waals surface area contributed by atoms with Gasteiger partial charge in [-0.15, -0.1) is 0 Å². The highest BCUT2D eigenvalue weighted by Crippen LogP contribution is 2.36. The molecule has 2 atom stereocenters. The van der Waals surface area contributed by atoms with Gasteiger partial charge in [-0.05, 0) is 36.6 Å². The Labute approximate surface area is 230 Å². The lowest BCUT2D eigenvalue weighted by molar-refractivity contribution is -0.138. The second kappa shape index (κ2) is 11.2. The number of hydrogen-bond donors (Lipinski definition) is 0. The van der Waals surface area contributed by atoms with Crippen molar-refractivity contribution < 1.29 is 17.9 Å². The summed E-state index contributed by atoms with van der Waals surface area (Å²) in [6.45, 7) is 1.82. The number of alkyl halides is 3. The molecular weight excluding hydrogens is 523 g/mol. The van der Waals surface area contributed by atoms with E-state index in [0.29, 0.717) is 35.2 Å². The van der Waals surface area contributed by atoms with Crippen molar-refractivity contribution in [1.29, 1.82) is 0 Å². The van der Waals surface area contributed by atoms with Crippen molar-refractivity contribution in [3.05, 3.63) is 130 Å². The predicted octanol–water partition coefficient (Wildman–Crippen LogP) is 7.17. The zero-order valence-electron chi connectivity index (χ0n) is 21.5. The number of benzene rings is 3. The van der Waals surface area contributed by atoms with E-state index >= 15 is 0 Å². The molecule has 0 aliphatic carbocycles. The van der Waals surface area contributed by atoms with Gasteiger partial charge in [-0.1, -0.05) is 84.4 Å². The first-order chi connectivity index (χ1) is 18.8. The summed E-state index contributed by atoms with van der Waals surface area (Å²) in [7, 11) is 1.59. The Morgan fingerprint density at radius 2 is 1.62 bits per heavy atom. The SMILES string of the molecule is COCC1N=C2C(N=C(c3ccccc3)c3ccccc3)=CC(Cl)=CN2C1Cc1cccc(C(F)(F)F)c1C. The van der Waals surface area contributed by atoms with Crippen LogP contribution in [0.5, 0.6) is 0 Å². The van der Waals surface area contributed by atoms with Crippen LogP contribution in [0.2, 0.25) is 0 Å². The largest absolute Gasteiger partial charge is 0.416 e. The third-order valence-corrected chi connectivity index (χ3v) is 7.15. The summed E-state index contributed by atoms with van der Waals surface area (Å²) in [5, 5.41) is 0.456. The topological polar surface area (TPSA) is 37.2 Å². The molecule has 0 spiro atoms. The average Bonchev–Trinajstić information content (AvgIpc) is 3.25. The fourth-order valence-corrected chi connectivity index (χ4v) is 5.26. The van der Waals surface area contributed by atoms with Crippen LogP contribution in [0.25, 0.3) is 0 Å². The first kappa shape index (κ1) is 26.9. The fourth-order valence-electron chi connectivity index (χ4n) is 5.05. The second-order valence-electron chi connectivity index (χ2n) is 9.48. The van der Waals surface area contributed by atoms with Gasteiger partial charge in [0.25, 0.3) is 0 Å². The van der Waals surface area contributed by atoms with E-state index in [-0.39, 0.29) is 17.6 Å². The molecule has 0 N–H and O–H groups in total. The molecule has 0 saturated carbocycles. The molecule has 5 rings (SSSR count). The predicted molar refractivity (Wildman–Crippen MR) is 149 cm³/mol. The van der Waals surface area contributed by atoms with E-state index in [9.17, 15) is 13.2 Å². The van der Waals surface area contributed by atoms with Gasteiger partial charge in [0.1, 0.15) is 5.70 Å². The van der Waals surface area contributed by atoms with Gasteiger partial charge >= 0.3 is 6.18 Å². The highest BCUT2D eigenvalue weighted by atomic mass is 35.5. The normalized spacial score (nSPS) is 18.7. The van der Waals surface area contributed by atoms with Crippen LogP contribution in [0.4, 0.5) is 13.2 Å². The number of halogens is 4. The maximum atomic E-state index is 13.6. The Morgan fingerprint density at radius 3 is 2.21 bits per heavy atom. The molecule has 3 aromatic carbocycles. The number of rotatable bonds is 7. The first-order valence-corrected chi connectivity index (χ1v) is 12.9. The van der Waals surface area contributed by atoms with Gasteiger partial charge in [0.2, 0.25) is 0 Å². The van der Waals surface area contributed by atoms with E-state index in [4.69, 9.17) is 26.3 Å². The highest BCUT2D eigenvalue weighted by Gasteiger charge is 2.40. The Balaban J connectivity index is 1.55. The van der Waals surface area contributed by atoms with Gasteiger partial charge in [-0.2, -0.15) is 13.2 Å². The van der Waals surface area contributed by atoms with Gasteiger partial charge in [-0.3, -0.25) is 4.99 Å². The molecule has 0 saturated heterocycles. The molecular formula is C31H27ClF3N3O. The van der Waals surface area contributed by atoms with Gasteiger partial charge in [0.05, 0.1) is 35.0 Å². The Bertz CT molecular complexity index is 1420. The van der Waals surface area contributed by atoms with Crippen molar-refractivity contribution in [2.45, 2.75) is 31.6 Å². The quantitative estimate of drug-likeness (QED) is 0.293. The molecule has 0 fully saturated rings. The molecule has 3 aromatic rings. The highest BCUT2D eigenvalue weighted by molar-refractivity contribution is 6.32. The number of amidine groups is 1. The third kappa shape index (κ3) is 5.70. The molecule has 39 heavy (non-hydrogen) atoms. The molecule has 2 unspecified atom stereocenters.